The summed E-state index contributed by atoms with van der Waals surface area (Å²) in [5.41, 5.74) is 0. The largest absolute Gasteiger partial charge is 1.00 e. The van der Waals surface area contributed by atoms with E-state index in [-0.39, 0.29) is 23.0 Å². The molecule has 0 saturated heterocycles. The van der Waals surface area contributed by atoms with Gasteiger partial charge in [0.05, 0.1) is 13.3 Å². The number of methoxy groups -OCH3 is 1. The summed E-state index contributed by atoms with van der Waals surface area (Å²) in [6, 6.07) is 32.2. The Kier molecular flexibility index (Phi) is 9.05. The molecule has 148 valence electrons. The third-order valence-electron chi connectivity index (χ3n) is 4.65. The van der Waals surface area contributed by atoms with Gasteiger partial charge >= 0.3 is 5.97 Å². The Balaban J connectivity index is 0.00000300. The topological polar surface area (TPSA) is 26.3 Å². The predicted molar refractivity (Wildman–Crippen MR) is 120 cm³/mol. The molecule has 4 heteroatoms. The van der Waals surface area contributed by atoms with E-state index in [0.29, 0.717) is 0 Å². The molecule has 3 aromatic carbocycles. The lowest BCUT2D eigenvalue weighted by molar-refractivity contribution is -0.134. The van der Waals surface area contributed by atoms with Gasteiger partial charge in [0.15, 0.2) is 0 Å². The highest BCUT2D eigenvalue weighted by Crippen LogP contribution is 2.55. The second-order valence-electron chi connectivity index (χ2n) is 6.31. The molecule has 0 aliphatic rings. The average molecular weight is 467 g/mol. The van der Waals surface area contributed by atoms with Gasteiger partial charge in [0.2, 0.25) is 0 Å². The second-order valence-corrected chi connectivity index (χ2v) is 9.84. The van der Waals surface area contributed by atoms with Crippen LogP contribution in [0, 0.1) is 0 Å². The van der Waals surface area contributed by atoms with Crippen LogP contribution in [0.3, 0.4) is 0 Å². The van der Waals surface area contributed by atoms with Gasteiger partial charge in [-0.2, -0.15) is 0 Å². The molecule has 0 bridgehead atoms. The molecule has 29 heavy (non-hydrogen) atoms. The van der Waals surface area contributed by atoms with Crippen molar-refractivity contribution in [1.29, 1.82) is 0 Å². The highest BCUT2D eigenvalue weighted by atomic mass is 79.9. The van der Waals surface area contributed by atoms with Crippen molar-refractivity contribution in [2.75, 3.05) is 13.3 Å². The number of ether oxygens (including phenoxy) is 1. The Morgan fingerprint density at radius 2 is 1.17 bits per heavy atom. The van der Waals surface area contributed by atoms with Crippen LogP contribution in [0.1, 0.15) is 0 Å². The molecule has 0 fully saturated rings. The van der Waals surface area contributed by atoms with Crippen LogP contribution in [-0.2, 0) is 9.53 Å². The number of esters is 1. The lowest BCUT2D eigenvalue weighted by Crippen LogP contribution is -3.00. The predicted octanol–water partition coefficient (Wildman–Crippen LogP) is 1.27. The van der Waals surface area contributed by atoms with E-state index in [2.05, 4.69) is 102 Å². The third kappa shape index (κ3) is 5.53. The van der Waals surface area contributed by atoms with E-state index < -0.39 is 7.26 Å². The Hall–Kier alpha value is -2.48. The SMILES string of the molecule is COC(=O)C=CC=CC[P+](c1ccccc1)(c1ccccc1)c1ccccc1.[Br-]. The molecule has 0 atom stereocenters. The highest BCUT2D eigenvalue weighted by Gasteiger charge is 2.43. The summed E-state index contributed by atoms with van der Waals surface area (Å²) in [5.74, 6) is -0.347. The first-order valence-electron chi connectivity index (χ1n) is 9.23. The fraction of sp³-hybridized carbons (Fsp3) is 0.0800. The fourth-order valence-corrected chi connectivity index (χ4v) is 7.32. The van der Waals surface area contributed by atoms with Gasteiger partial charge in [-0.1, -0.05) is 66.7 Å². The molecule has 0 unspecified atom stereocenters. The molecule has 0 aliphatic heterocycles. The zero-order valence-electron chi connectivity index (χ0n) is 16.3. The molecule has 0 aliphatic carbocycles. The molecule has 0 N–H and O–H groups in total. The van der Waals surface area contributed by atoms with Crippen molar-refractivity contribution in [2.24, 2.45) is 0 Å². The summed E-state index contributed by atoms with van der Waals surface area (Å²) in [4.78, 5) is 11.3. The van der Waals surface area contributed by atoms with Crippen LogP contribution in [0.25, 0.3) is 0 Å². The van der Waals surface area contributed by atoms with Gasteiger partial charge in [0.25, 0.3) is 0 Å². The first-order valence-corrected chi connectivity index (χ1v) is 11.2. The summed E-state index contributed by atoms with van der Waals surface area (Å²) < 4.78 is 4.65. The maximum absolute atomic E-state index is 11.3. The minimum absolute atomic E-state index is 0. The van der Waals surface area contributed by atoms with Gasteiger partial charge in [-0.3, -0.25) is 0 Å². The van der Waals surface area contributed by atoms with Crippen LogP contribution in [0.2, 0.25) is 0 Å². The van der Waals surface area contributed by atoms with Gasteiger partial charge in [0.1, 0.15) is 23.2 Å². The first kappa shape index (κ1) is 22.8. The lowest BCUT2D eigenvalue weighted by atomic mass is 10.4. The number of benzene rings is 3. The van der Waals surface area contributed by atoms with Crippen LogP contribution in [0.5, 0.6) is 0 Å². The van der Waals surface area contributed by atoms with E-state index in [1.54, 1.807) is 6.08 Å². The number of hydrogen-bond acceptors (Lipinski definition) is 2. The number of allylic oxidation sites excluding steroid dienone is 3. The van der Waals surface area contributed by atoms with Crippen LogP contribution in [-0.4, -0.2) is 19.2 Å². The normalized spacial score (nSPS) is 11.3. The zero-order valence-corrected chi connectivity index (χ0v) is 18.8. The molecular formula is C25H24BrO2P. The van der Waals surface area contributed by atoms with Crippen LogP contribution < -0.4 is 32.9 Å². The van der Waals surface area contributed by atoms with Crippen LogP contribution >= 0.6 is 7.26 Å². The van der Waals surface area contributed by atoms with E-state index in [4.69, 9.17) is 0 Å². The molecule has 2 nitrogen and oxygen atoms in total. The van der Waals surface area contributed by atoms with E-state index in [0.717, 1.165) is 6.16 Å². The molecule has 0 aromatic heterocycles. The van der Waals surface area contributed by atoms with Gasteiger partial charge < -0.3 is 21.7 Å². The number of carbonyl (C=O) groups excluding carboxylic acids is 1. The Morgan fingerprint density at radius 1 is 0.759 bits per heavy atom. The quantitative estimate of drug-likeness (QED) is 0.227. The van der Waals surface area contributed by atoms with Crippen LogP contribution in [0.15, 0.2) is 115 Å². The van der Waals surface area contributed by atoms with Gasteiger partial charge in [-0.05, 0) is 42.5 Å². The Morgan fingerprint density at radius 3 is 1.55 bits per heavy atom. The molecule has 3 aromatic rings. The van der Waals surface area contributed by atoms with Crippen LogP contribution in [0.4, 0.5) is 0 Å². The van der Waals surface area contributed by atoms with E-state index in [1.165, 1.54) is 29.1 Å². The van der Waals surface area contributed by atoms with Crippen molar-refractivity contribution >= 4 is 29.1 Å². The van der Waals surface area contributed by atoms with Crippen molar-refractivity contribution in [1.82, 2.24) is 0 Å². The number of hydrogen-bond donors (Lipinski definition) is 0. The number of rotatable bonds is 7. The Labute approximate surface area is 184 Å². The fourth-order valence-electron chi connectivity index (χ4n) is 3.31. The van der Waals surface area contributed by atoms with Gasteiger partial charge in [0, 0.05) is 6.08 Å². The summed E-state index contributed by atoms with van der Waals surface area (Å²) in [7, 11) is -0.479. The van der Waals surface area contributed by atoms with E-state index in [1.807, 2.05) is 6.08 Å². The Bertz CT molecular complexity index is 842. The van der Waals surface area contributed by atoms with Gasteiger partial charge in [-0.25, -0.2) is 4.79 Å². The van der Waals surface area contributed by atoms with Crippen molar-refractivity contribution in [3.8, 4) is 0 Å². The average Bonchev–Trinajstić information content (AvgIpc) is 2.78. The smallest absolute Gasteiger partial charge is 0.330 e. The third-order valence-corrected chi connectivity index (χ3v) is 8.95. The van der Waals surface area contributed by atoms with Gasteiger partial charge in [-0.15, -0.1) is 0 Å². The summed E-state index contributed by atoms with van der Waals surface area (Å²) in [6.45, 7) is 0. The maximum atomic E-state index is 11.3. The molecule has 0 radical (unpaired) electrons. The zero-order chi connectivity index (χ0) is 19.7. The lowest BCUT2D eigenvalue weighted by Gasteiger charge is -2.26. The molecule has 0 spiro atoms. The summed E-state index contributed by atoms with van der Waals surface area (Å²) in [6.07, 6.45) is 8.13. The molecule has 0 amide bonds. The standard InChI is InChI=1S/C25H24O2P.BrH/c1-27-25(26)20-12-5-13-21-28(22-14-6-2-7-15-22,23-16-8-3-9-17-23)24-18-10-4-11-19-24;/h2-20H,21H2,1H3;1H/q+1;/p-1. The maximum Gasteiger partial charge on any atom is 0.330 e. The minimum atomic E-state index is -1.86. The second kappa shape index (κ2) is 11.5. The summed E-state index contributed by atoms with van der Waals surface area (Å²) >= 11 is 0. The monoisotopic (exact) mass is 466 g/mol. The molecule has 0 heterocycles. The van der Waals surface area contributed by atoms with Crippen molar-refractivity contribution in [2.45, 2.75) is 0 Å². The van der Waals surface area contributed by atoms with Crippen molar-refractivity contribution in [3.05, 3.63) is 115 Å². The van der Waals surface area contributed by atoms with Crippen molar-refractivity contribution < 1.29 is 26.5 Å². The first-order chi connectivity index (χ1) is 13.8. The number of halogens is 1. The minimum Gasteiger partial charge on any atom is -1.00 e. The number of carbonyl (C=O) groups is 1. The van der Waals surface area contributed by atoms with E-state index in [9.17, 15) is 4.79 Å². The highest BCUT2D eigenvalue weighted by molar-refractivity contribution is 7.95. The molecule has 0 saturated carbocycles. The molecular weight excluding hydrogens is 443 g/mol. The molecule has 3 rings (SSSR count). The summed E-state index contributed by atoms with van der Waals surface area (Å²) in [5, 5.41) is 4.02. The van der Waals surface area contributed by atoms with Crippen molar-refractivity contribution in [3.63, 3.8) is 0 Å². The van der Waals surface area contributed by atoms with E-state index >= 15 is 0 Å².